The number of ether oxygens (including phenoxy) is 1. The molecule has 0 radical (unpaired) electrons. The van der Waals surface area contributed by atoms with Crippen molar-refractivity contribution < 1.29 is 18.6 Å². The molecule has 1 fully saturated rings. The fraction of sp³-hybridized carbons (Fsp3) is 1.00. The molecule has 15 heavy (non-hydrogen) atoms. The molecule has 1 rings (SSSR count). The number of rotatable bonds is 6. The molecule has 0 aliphatic carbocycles. The molecule has 0 aromatic rings. The maximum Gasteiger partial charge on any atom is 0.251 e. The van der Waals surface area contributed by atoms with Crippen LogP contribution in [-0.2, 0) is 4.74 Å². The first-order valence-electron chi connectivity index (χ1n) is 5.41. The molecule has 1 aliphatic heterocycles. The fourth-order valence-corrected chi connectivity index (χ4v) is 1.89. The number of nitrogens with zero attached hydrogens (tertiary/aromatic N) is 1. The van der Waals surface area contributed by atoms with Gasteiger partial charge in [-0.1, -0.05) is 0 Å². The third-order valence-electron chi connectivity index (χ3n) is 2.67. The highest BCUT2D eigenvalue weighted by molar-refractivity contribution is 4.69. The second-order valence-electron chi connectivity index (χ2n) is 3.93. The highest BCUT2D eigenvalue weighted by Crippen LogP contribution is 2.16. The summed E-state index contributed by atoms with van der Waals surface area (Å²) in [5.74, 6) is 0.434. The van der Waals surface area contributed by atoms with E-state index in [0.717, 1.165) is 26.1 Å². The molecule has 1 aliphatic rings. The molecule has 0 spiro atoms. The standard InChI is InChI=1S/C10H19F2NO2/c11-10(12)8-13(3-4-14)7-9-1-5-15-6-2-9/h9-10,14H,1-8H2. The summed E-state index contributed by atoms with van der Waals surface area (Å²) in [6, 6.07) is 0. The molecule has 0 aromatic heterocycles. The first-order chi connectivity index (χ1) is 7.22. The summed E-state index contributed by atoms with van der Waals surface area (Å²) in [7, 11) is 0. The van der Waals surface area contributed by atoms with Crippen LogP contribution < -0.4 is 0 Å². The third kappa shape index (κ3) is 5.39. The molecule has 3 nitrogen and oxygen atoms in total. The zero-order valence-corrected chi connectivity index (χ0v) is 8.87. The number of aliphatic hydroxyl groups is 1. The predicted octanol–water partition coefficient (Wildman–Crippen LogP) is 0.972. The molecule has 5 heteroatoms. The second kappa shape index (κ2) is 7.09. The second-order valence-corrected chi connectivity index (χ2v) is 3.93. The number of hydrogen-bond acceptors (Lipinski definition) is 3. The van der Waals surface area contributed by atoms with Gasteiger partial charge in [-0.3, -0.25) is 4.90 Å². The van der Waals surface area contributed by atoms with E-state index < -0.39 is 6.43 Å². The van der Waals surface area contributed by atoms with Gasteiger partial charge in [0.2, 0.25) is 0 Å². The minimum atomic E-state index is -2.32. The van der Waals surface area contributed by atoms with Crippen molar-refractivity contribution >= 4 is 0 Å². The van der Waals surface area contributed by atoms with E-state index >= 15 is 0 Å². The summed E-state index contributed by atoms with van der Waals surface area (Å²) >= 11 is 0. The summed E-state index contributed by atoms with van der Waals surface area (Å²) in [5.41, 5.74) is 0. The Balaban J connectivity index is 2.28. The van der Waals surface area contributed by atoms with E-state index in [-0.39, 0.29) is 13.2 Å². The van der Waals surface area contributed by atoms with Crippen molar-refractivity contribution in [1.82, 2.24) is 4.90 Å². The Labute approximate surface area is 89.0 Å². The van der Waals surface area contributed by atoms with E-state index in [1.807, 2.05) is 0 Å². The Hall–Kier alpha value is -0.260. The van der Waals surface area contributed by atoms with Gasteiger partial charge in [0.25, 0.3) is 6.43 Å². The van der Waals surface area contributed by atoms with E-state index in [4.69, 9.17) is 9.84 Å². The maximum absolute atomic E-state index is 12.2. The molecule has 0 amide bonds. The first kappa shape index (κ1) is 12.8. The van der Waals surface area contributed by atoms with Crippen molar-refractivity contribution in [3.63, 3.8) is 0 Å². The van der Waals surface area contributed by atoms with E-state index in [2.05, 4.69) is 0 Å². The molecule has 0 aromatic carbocycles. The largest absolute Gasteiger partial charge is 0.395 e. The van der Waals surface area contributed by atoms with Crippen molar-refractivity contribution in [2.75, 3.05) is 39.5 Å². The van der Waals surface area contributed by atoms with Crippen LogP contribution in [0.5, 0.6) is 0 Å². The smallest absolute Gasteiger partial charge is 0.251 e. The normalized spacial score (nSPS) is 19.0. The van der Waals surface area contributed by atoms with Gasteiger partial charge in [-0.25, -0.2) is 8.78 Å². The molecule has 0 saturated carbocycles. The van der Waals surface area contributed by atoms with Crippen molar-refractivity contribution in [1.29, 1.82) is 0 Å². The minimum Gasteiger partial charge on any atom is -0.395 e. The lowest BCUT2D eigenvalue weighted by Gasteiger charge is -2.29. The number of halogens is 2. The molecule has 1 saturated heterocycles. The molecular weight excluding hydrogens is 204 g/mol. The lowest BCUT2D eigenvalue weighted by Crippen LogP contribution is -2.37. The zero-order chi connectivity index (χ0) is 11.1. The average molecular weight is 223 g/mol. The summed E-state index contributed by atoms with van der Waals surface area (Å²) < 4.78 is 29.6. The SMILES string of the molecule is OCCN(CC(F)F)CC1CCOCC1. The Morgan fingerprint density at radius 2 is 2.00 bits per heavy atom. The minimum absolute atomic E-state index is 0.0596. The average Bonchev–Trinajstić information content (AvgIpc) is 2.18. The van der Waals surface area contributed by atoms with Crippen LogP contribution in [0.4, 0.5) is 8.78 Å². The van der Waals surface area contributed by atoms with Gasteiger partial charge in [-0.05, 0) is 18.8 Å². The molecule has 0 bridgehead atoms. The zero-order valence-electron chi connectivity index (χ0n) is 8.87. The first-order valence-corrected chi connectivity index (χ1v) is 5.41. The van der Waals surface area contributed by atoms with Crippen LogP contribution in [0.25, 0.3) is 0 Å². The number of hydrogen-bond donors (Lipinski definition) is 1. The van der Waals surface area contributed by atoms with Crippen LogP contribution in [0.2, 0.25) is 0 Å². The summed E-state index contributed by atoms with van der Waals surface area (Å²) in [5, 5.41) is 8.77. The Bertz CT molecular complexity index is 164. The Kier molecular flexibility index (Phi) is 6.05. The molecular formula is C10H19F2NO2. The summed E-state index contributed by atoms with van der Waals surface area (Å²) in [6.07, 6.45) is -0.451. The van der Waals surface area contributed by atoms with Crippen LogP contribution in [0.1, 0.15) is 12.8 Å². The van der Waals surface area contributed by atoms with Crippen molar-refractivity contribution in [2.45, 2.75) is 19.3 Å². The van der Waals surface area contributed by atoms with Crippen molar-refractivity contribution in [2.24, 2.45) is 5.92 Å². The molecule has 90 valence electrons. The lowest BCUT2D eigenvalue weighted by atomic mass is 10.00. The highest BCUT2D eigenvalue weighted by Gasteiger charge is 2.19. The van der Waals surface area contributed by atoms with Crippen LogP contribution in [0, 0.1) is 5.92 Å². The summed E-state index contributed by atoms with van der Waals surface area (Å²) in [4.78, 5) is 1.64. The van der Waals surface area contributed by atoms with Gasteiger partial charge >= 0.3 is 0 Å². The van der Waals surface area contributed by atoms with Crippen LogP contribution in [-0.4, -0.2) is 55.9 Å². The fourth-order valence-electron chi connectivity index (χ4n) is 1.89. The van der Waals surface area contributed by atoms with Crippen LogP contribution in [0.3, 0.4) is 0 Å². The van der Waals surface area contributed by atoms with Gasteiger partial charge in [0.15, 0.2) is 0 Å². The Morgan fingerprint density at radius 1 is 1.33 bits per heavy atom. The number of aliphatic hydroxyl groups excluding tert-OH is 1. The van der Waals surface area contributed by atoms with Gasteiger partial charge in [0.1, 0.15) is 0 Å². The third-order valence-corrected chi connectivity index (χ3v) is 2.67. The van der Waals surface area contributed by atoms with E-state index in [1.165, 1.54) is 0 Å². The molecule has 1 heterocycles. The van der Waals surface area contributed by atoms with Gasteiger partial charge in [-0.2, -0.15) is 0 Å². The number of alkyl halides is 2. The van der Waals surface area contributed by atoms with Gasteiger partial charge < -0.3 is 9.84 Å². The lowest BCUT2D eigenvalue weighted by molar-refractivity contribution is 0.0319. The van der Waals surface area contributed by atoms with Gasteiger partial charge in [0.05, 0.1) is 13.2 Å². The quantitative estimate of drug-likeness (QED) is 0.728. The predicted molar refractivity (Wildman–Crippen MR) is 53.1 cm³/mol. The Morgan fingerprint density at radius 3 is 2.53 bits per heavy atom. The monoisotopic (exact) mass is 223 g/mol. The van der Waals surface area contributed by atoms with Crippen molar-refractivity contribution in [3.8, 4) is 0 Å². The highest BCUT2D eigenvalue weighted by atomic mass is 19.3. The molecule has 0 unspecified atom stereocenters. The van der Waals surface area contributed by atoms with Crippen molar-refractivity contribution in [3.05, 3.63) is 0 Å². The van der Waals surface area contributed by atoms with E-state index in [1.54, 1.807) is 4.90 Å². The summed E-state index contributed by atoms with van der Waals surface area (Å²) in [6.45, 7) is 2.14. The molecule has 1 N–H and O–H groups in total. The van der Waals surface area contributed by atoms with Gasteiger partial charge in [0, 0.05) is 26.3 Å². The topological polar surface area (TPSA) is 32.7 Å². The van der Waals surface area contributed by atoms with E-state index in [0.29, 0.717) is 19.0 Å². The maximum atomic E-state index is 12.2. The molecule has 0 atom stereocenters. The van der Waals surface area contributed by atoms with Gasteiger partial charge in [-0.15, -0.1) is 0 Å². The van der Waals surface area contributed by atoms with Crippen LogP contribution >= 0.6 is 0 Å². The van der Waals surface area contributed by atoms with Crippen LogP contribution in [0.15, 0.2) is 0 Å². The van der Waals surface area contributed by atoms with E-state index in [9.17, 15) is 8.78 Å².